The van der Waals surface area contributed by atoms with E-state index in [1.54, 1.807) is 42.6 Å². The van der Waals surface area contributed by atoms with E-state index < -0.39 is 0 Å². The summed E-state index contributed by atoms with van der Waals surface area (Å²) < 4.78 is 6.19. The summed E-state index contributed by atoms with van der Waals surface area (Å²) in [5.41, 5.74) is 2.28. The van der Waals surface area contributed by atoms with Gasteiger partial charge in [-0.25, -0.2) is 4.98 Å². The average Bonchev–Trinajstić information content (AvgIpc) is 3.21. The van der Waals surface area contributed by atoms with Crippen molar-refractivity contribution in [1.82, 2.24) is 9.97 Å². The number of ether oxygens (including phenoxy) is 1. The first kappa shape index (κ1) is 20.6. The maximum Gasteiger partial charge on any atom is 0.233 e. The van der Waals surface area contributed by atoms with Gasteiger partial charge in [0.25, 0.3) is 0 Å². The van der Waals surface area contributed by atoms with Crippen LogP contribution >= 0.6 is 34.5 Å². The van der Waals surface area contributed by atoms with E-state index in [4.69, 9.17) is 27.9 Å². The molecular weight excluding hydrogens is 441 g/mol. The molecule has 30 heavy (non-hydrogen) atoms. The predicted octanol–water partition coefficient (Wildman–Crippen LogP) is 5.78. The summed E-state index contributed by atoms with van der Waals surface area (Å²) in [5.74, 6) is 0.484. The number of benzene rings is 2. The maximum absolute atomic E-state index is 13.3. The van der Waals surface area contributed by atoms with Gasteiger partial charge in [-0.15, -0.1) is 0 Å². The maximum atomic E-state index is 13.3. The molecule has 2 aromatic carbocycles. The van der Waals surface area contributed by atoms with E-state index in [0.717, 1.165) is 15.8 Å². The van der Waals surface area contributed by atoms with Crippen molar-refractivity contribution in [1.29, 1.82) is 0 Å². The van der Waals surface area contributed by atoms with Crippen LogP contribution in [0.4, 0.5) is 5.13 Å². The zero-order valence-electron chi connectivity index (χ0n) is 16.0. The van der Waals surface area contributed by atoms with Crippen LogP contribution in [-0.2, 0) is 17.8 Å². The number of carbonyl (C=O) groups excluding carboxylic acids is 1. The number of halogens is 2. The number of amides is 1. The second kappa shape index (κ2) is 9.00. The van der Waals surface area contributed by atoms with E-state index in [0.29, 0.717) is 33.0 Å². The summed E-state index contributed by atoms with van der Waals surface area (Å²) in [4.78, 5) is 23.8. The zero-order chi connectivity index (χ0) is 21.1. The normalized spacial score (nSPS) is 10.9. The molecule has 4 aromatic rings. The predicted molar refractivity (Wildman–Crippen MR) is 122 cm³/mol. The molecule has 2 aromatic heterocycles. The van der Waals surface area contributed by atoms with Crippen molar-refractivity contribution in [2.45, 2.75) is 13.0 Å². The van der Waals surface area contributed by atoms with Gasteiger partial charge in [0, 0.05) is 17.4 Å². The van der Waals surface area contributed by atoms with Crippen LogP contribution in [0.2, 0.25) is 10.0 Å². The molecule has 0 aliphatic rings. The van der Waals surface area contributed by atoms with E-state index >= 15 is 0 Å². The Balaban J connectivity index is 1.75. The molecule has 0 spiro atoms. The monoisotopic (exact) mass is 457 g/mol. The molecule has 1 amide bonds. The molecule has 0 fully saturated rings. The van der Waals surface area contributed by atoms with Gasteiger partial charge in [0.15, 0.2) is 5.13 Å². The quantitative estimate of drug-likeness (QED) is 0.368. The molecule has 5 nitrogen and oxygen atoms in total. The summed E-state index contributed by atoms with van der Waals surface area (Å²) in [5, 5.41) is 1.66. The summed E-state index contributed by atoms with van der Waals surface area (Å²) in [6, 6.07) is 14.6. The van der Waals surface area contributed by atoms with Gasteiger partial charge in [-0.1, -0.05) is 58.8 Å². The molecule has 0 bridgehead atoms. The highest BCUT2D eigenvalue weighted by atomic mass is 35.5. The number of aromatic nitrogens is 2. The van der Waals surface area contributed by atoms with E-state index in [-0.39, 0.29) is 12.3 Å². The highest BCUT2D eigenvalue weighted by molar-refractivity contribution is 7.23. The van der Waals surface area contributed by atoms with Crippen LogP contribution in [0, 0.1) is 0 Å². The standard InChI is InChI=1S/C22H17Cl2N3O2S/c1-29-18-9-8-17(24)21-20(18)26-22(30-21)27(13-14-5-4-10-25-12-14)19(28)11-15-6-2-3-7-16(15)23/h2-10,12H,11,13H2,1H3. The largest absolute Gasteiger partial charge is 0.494 e. The van der Waals surface area contributed by atoms with Crippen LogP contribution in [0.15, 0.2) is 60.9 Å². The lowest BCUT2D eigenvalue weighted by molar-refractivity contribution is -0.118. The fraction of sp³-hybridized carbons (Fsp3) is 0.136. The molecule has 0 aliphatic heterocycles. The number of carbonyl (C=O) groups is 1. The molecule has 0 aliphatic carbocycles. The van der Waals surface area contributed by atoms with Crippen molar-refractivity contribution in [3.8, 4) is 5.75 Å². The molecule has 4 rings (SSSR count). The number of nitrogens with zero attached hydrogens (tertiary/aromatic N) is 3. The molecule has 0 saturated carbocycles. The molecule has 8 heteroatoms. The number of anilines is 1. The van der Waals surface area contributed by atoms with Crippen molar-refractivity contribution in [2.75, 3.05) is 12.0 Å². The second-order valence-electron chi connectivity index (χ2n) is 6.53. The topological polar surface area (TPSA) is 55.3 Å². The number of methoxy groups -OCH3 is 1. The third-order valence-electron chi connectivity index (χ3n) is 4.56. The first-order valence-electron chi connectivity index (χ1n) is 9.12. The smallest absolute Gasteiger partial charge is 0.233 e. The molecule has 152 valence electrons. The summed E-state index contributed by atoms with van der Waals surface area (Å²) in [6.45, 7) is 0.330. The lowest BCUT2D eigenvalue weighted by Crippen LogP contribution is -2.31. The Kier molecular flexibility index (Phi) is 6.18. The van der Waals surface area contributed by atoms with Gasteiger partial charge in [-0.3, -0.25) is 14.7 Å². The van der Waals surface area contributed by atoms with Crippen molar-refractivity contribution in [2.24, 2.45) is 0 Å². The lowest BCUT2D eigenvalue weighted by Gasteiger charge is -2.20. The van der Waals surface area contributed by atoms with Crippen molar-refractivity contribution in [3.63, 3.8) is 0 Å². The molecule has 0 atom stereocenters. The van der Waals surface area contributed by atoms with Gasteiger partial charge in [-0.2, -0.15) is 0 Å². The Morgan fingerprint density at radius 2 is 1.93 bits per heavy atom. The Morgan fingerprint density at radius 1 is 1.10 bits per heavy atom. The van der Waals surface area contributed by atoms with Crippen LogP contribution in [0.3, 0.4) is 0 Å². The van der Waals surface area contributed by atoms with Gasteiger partial charge in [-0.05, 0) is 35.4 Å². The minimum atomic E-state index is -0.124. The van der Waals surface area contributed by atoms with Gasteiger partial charge in [0.2, 0.25) is 5.91 Å². The number of hydrogen-bond acceptors (Lipinski definition) is 5. The van der Waals surface area contributed by atoms with Crippen LogP contribution < -0.4 is 9.64 Å². The van der Waals surface area contributed by atoms with Crippen LogP contribution in [0.5, 0.6) is 5.75 Å². The minimum absolute atomic E-state index is 0.124. The third-order valence-corrected chi connectivity index (χ3v) is 6.47. The fourth-order valence-electron chi connectivity index (χ4n) is 3.06. The Bertz CT molecular complexity index is 1200. The first-order chi connectivity index (χ1) is 14.6. The molecule has 0 unspecified atom stereocenters. The van der Waals surface area contributed by atoms with Crippen molar-refractivity contribution in [3.05, 3.63) is 82.1 Å². The SMILES string of the molecule is COc1ccc(Cl)c2sc(N(Cc3cccnc3)C(=O)Cc3ccccc3Cl)nc12. The number of fused-ring (bicyclic) bond motifs is 1. The van der Waals surface area contributed by atoms with Crippen LogP contribution in [0.25, 0.3) is 10.2 Å². The summed E-state index contributed by atoms with van der Waals surface area (Å²) >= 11 is 14.0. The van der Waals surface area contributed by atoms with Gasteiger partial charge in [0.1, 0.15) is 11.3 Å². The van der Waals surface area contributed by atoms with E-state index in [9.17, 15) is 4.79 Å². The van der Waals surface area contributed by atoms with E-state index in [2.05, 4.69) is 9.97 Å². The lowest BCUT2D eigenvalue weighted by atomic mass is 10.1. The fourth-order valence-corrected chi connectivity index (χ4v) is 4.53. The van der Waals surface area contributed by atoms with Crippen molar-refractivity contribution >= 4 is 55.8 Å². The Morgan fingerprint density at radius 3 is 2.67 bits per heavy atom. The number of thiazole rings is 1. The third kappa shape index (κ3) is 4.26. The number of hydrogen-bond donors (Lipinski definition) is 0. The molecule has 2 heterocycles. The molecule has 0 radical (unpaired) electrons. The van der Waals surface area contributed by atoms with Crippen LogP contribution in [-0.4, -0.2) is 23.0 Å². The Labute approximate surface area is 187 Å². The summed E-state index contributed by atoms with van der Waals surface area (Å²) in [6.07, 6.45) is 3.58. The van der Waals surface area contributed by atoms with E-state index in [1.807, 2.05) is 30.3 Å². The Hall–Kier alpha value is -2.67. The second-order valence-corrected chi connectivity index (χ2v) is 8.33. The van der Waals surface area contributed by atoms with Crippen LogP contribution in [0.1, 0.15) is 11.1 Å². The minimum Gasteiger partial charge on any atom is -0.494 e. The van der Waals surface area contributed by atoms with Gasteiger partial charge in [0.05, 0.1) is 29.8 Å². The van der Waals surface area contributed by atoms with E-state index in [1.165, 1.54) is 11.3 Å². The highest BCUT2D eigenvalue weighted by Gasteiger charge is 2.23. The molecule has 0 saturated heterocycles. The molecule has 0 N–H and O–H groups in total. The highest BCUT2D eigenvalue weighted by Crippen LogP contribution is 2.39. The summed E-state index contributed by atoms with van der Waals surface area (Å²) in [7, 11) is 1.58. The molecular formula is C22H17Cl2N3O2S. The number of pyridine rings is 1. The van der Waals surface area contributed by atoms with Gasteiger partial charge >= 0.3 is 0 Å². The van der Waals surface area contributed by atoms with Crippen molar-refractivity contribution < 1.29 is 9.53 Å². The van der Waals surface area contributed by atoms with Gasteiger partial charge < -0.3 is 4.74 Å². The number of rotatable bonds is 6. The zero-order valence-corrected chi connectivity index (χ0v) is 18.3. The average molecular weight is 458 g/mol. The first-order valence-corrected chi connectivity index (χ1v) is 10.7.